The topological polar surface area (TPSA) is 158 Å². The number of benzene rings is 2. The number of amides is 1. The molecule has 3 rings (SSSR count). The number of rotatable bonds is 12. The summed E-state index contributed by atoms with van der Waals surface area (Å²) in [4.78, 5) is 12.8. The fraction of sp³-hybridized carbons (Fsp3) is 0.519. The third-order valence-electron chi connectivity index (χ3n) is 6.35. The van der Waals surface area contributed by atoms with Gasteiger partial charge in [0.25, 0.3) is 0 Å². The minimum absolute atomic E-state index is 0.0480. The third-order valence-corrected chi connectivity index (χ3v) is 6.35. The highest BCUT2D eigenvalue weighted by Gasteiger charge is 2.45. The molecule has 11 heteroatoms. The predicted octanol–water partition coefficient (Wildman–Crippen LogP) is 0.740. The molecule has 0 aliphatic carbocycles. The van der Waals surface area contributed by atoms with E-state index < -0.39 is 68.1 Å². The Kier molecular flexibility index (Phi) is 11.0. The van der Waals surface area contributed by atoms with Gasteiger partial charge in [0.15, 0.2) is 12.5 Å². The lowest BCUT2D eigenvalue weighted by Crippen LogP contribution is -2.59. The molecule has 0 saturated carbocycles. The molecule has 10 nitrogen and oxygen atoms in total. The summed E-state index contributed by atoms with van der Waals surface area (Å²) < 4.78 is 30.4. The number of aliphatic hydroxyl groups excluding tert-OH is 5. The molecule has 38 heavy (non-hydrogen) atoms. The number of carbonyl (C=O) groups excluding carboxylic acids is 1. The van der Waals surface area contributed by atoms with Crippen LogP contribution >= 0.6 is 0 Å². The van der Waals surface area contributed by atoms with Crippen LogP contribution in [-0.4, -0.2) is 93.7 Å². The maximum Gasteiger partial charge on any atom is 0.224 e. The third kappa shape index (κ3) is 7.93. The van der Waals surface area contributed by atoms with E-state index in [9.17, 15) is 34.7 Å². The monoisotopic (exact) mass is 537 g/mol. The number of hydrogen-bond acceptors (Lipinski definition) is 9. The molecular formula is C27H36FNO9. The lowest BCUT2D eigenvalue weighted by molar-refractivity contribution is -0.293. The maximum atomic E-state index is 14.0. The molecule has 0 aromatic heterocycles. The van der Waals surface area contributed by atoms with Gasteiger partial charge in [-0.3, -0.25) is 4.79 Å². The smallest absolute Gasteiger partial charge is 0.224 e. The number of alkyl halides is 1. The number of hydrogen-bond donors (Lipinski definition) is 6. The van der Waals surface area contributed by atoms with Crippen LogP contribution in [0.25, 0.3) is 0 Å². The zero-order valence-electron chi connectivity index (χ0n) is 21.3. The van der Waals surface area contributed by atoms with Crippen LogP contribution in [0, 0.1) is 6.92 Å². The average Bonchev–Trinajstić information content (AvgIpc) is 2.92. The molecule has 210 valence electrons. The van der Waals surface area contributed by atoms with E-state index in [0.717, 1.165) is 5.56 Å². The molecule has 2 unspecified atom stereocenters. The molecule has 0 spiro atoms. The van der Waals surface area contributed by atoms with Gasteiger partial charge in [-0.25, -0.2) is 4.39 Å². The van der Waals surface area contributed by atoms with Gasteiger partial charge >= 0.3 is 0 Å². The van der Waals surface area contributed by atoms with Gasteiger partial charge in [-0.1, -0.05) is 36.8 Å². The van der Waals surface area contributed by atoms with E-state index in [1.54, 1.807) is 31.2 Å². The second kappa shape index (κ2) is 13.9. The Morgan fingerprint density at radius 1 is 1.05 bits per heavy atom. The number of halogens is 1. The van der Waals surface area contributed by atoms with Gasteiger partial charge in [0.1, 0.15) is 35.9 Å². The number of aryl methyl sites for hydroxylation is 1. The summed E-state index contributed by atoms with van der Waals surface area (Å²) in [6, 6.07) is 13.4. The minimum atomic E-state index is -2.02. The normalized spacial score (nSPS) is 25.8. The molecule has 1 heterocycles. The highest BCUT2D eigenvalue weighted by Crippen LogP contribution is 2.25. The second-order valence-electron chi connectivity index (χ2n) is 9.36. The number of nitrogens with one attached hydrogen (secondary N) is 1. The fourth-order valence-corrected chi connectivity index (χ4v) is 3.97. The van der Waals surface area contributed by atoms with Crippen molar-refractivity contribution >= 4 is 5.91 Å². The van der Waals surface area contributed by atoms with Crippen molar-refractivity contribution in [3.63, 3.8) is 0 Å². The molecule has 1 aliphatic rings. The first-order chi connectivity index (χ1) is 18.1. The Balaban J connectivity index is 1.60. The van der Waals surface area contributed by atoms with Gasteiger partial charge in [0, 0.05) is 0 Å². The Morgan fingerprint density at radius 3 is 2.24 bits per heavy atom. The van der Waals surface area contributed by atoms with Crippen molar-refractivity contribution in [3.05, 3.63) is 59.7 Å². The quantitative estimate of drug-likeness (QED) is 0.230. The van der Waals surface area contributed by atoms with Crippen LogP contribution in [-0.2, 0) is 20.7 Å². The Bertz CT molecular complexity index is 1000. The van der Waals surface area contributed by atoms with E-state index in [2.05, 4.69) is 5.32 Å². The molecule has 0 radical (unpaired) electrons. The SMILES string of the molecule is CC[C@@H](O)[C@@H](O)[C@H](CO[C@H]1OC(CO)[C@H](F)[C@H](O)C1O)NC(=O)Cc1ccc(Oc2ccc(C)cc2)cc1. The Labute approximate surface area is 220 Å². The summed E-state index contributed by atoms with van der Waals surface area (Å²) in [5.74, 6) is 0.797. The van der Waals surface area contributed by atoms with Gasteiger partial charge < -0.3 is 45.1 Å². The van der Waals surface area contributed by atoms with Crippen LogP contribution < -0.4 is 10.1 Å². The van der Waals surface area contributed by atoms with Crippen LogP contribution in [0.4, 0.5) is 4.39 Å². The van der Waals surface area contributed by atoms with Gasteiger partial charge in [-0.2, -0.15) is 0 Å². The van der Waals surface area contributed by atoms with Crippen molar-refractivity contribution in [1.29, 1.82) is 0 Å². The first-order valence-electron chi connectivity index (χ1n) is 12.5. The fourth-order valence-electron chi connectivity index (χ4n) is 3.97. The van der Waals surface area contributed by atoms with E-state index in [1.807, 2.05) is 31.2 Å². The van der Waals surface area contributed by atoms with Crippen LogP contribution in [0.15, 0.2) is 48.5 Å². The zero-order valence-corrected chi connectivity index (χ0v) is 21.3. The summed E-state index contributed by atoms with van der Waals surface area (Å²) in [6.07, 6.45) is -11.1. The second-order valence-corrected chi connectivity index (χ2v) is 9.36. The van der Waals surface area contributed by atoms with E-state index >= 15 is 0 Å². The molecule has 1 fully saturated rings. The van der Waals surface area contributed by atoms with Crippen molar-refractivity contribution in [2.24, 2.45) is 0 Å². The Hall–Kier alpha value is -2.64. The predicted molar refractivity (Wildman–Crippen MR) is 134 cm³/mol. The first-order valence-corrected chi connectivity index (χ1v) is 12.5. The zero-order chi connectivity index (χ0) is 27.8. The highest BCUT2D eigenvalue weighted by molar-refractivity contribution is 5.79. The summed E-state index contributed by atoms with van der Waals surface area (Å²) in [5, 5.41) is 52.6. The van der Waals surface area contributed by atoms with Crippen LogP contribution in [0.1, 0.15) is 24.5 Å². The average molecular weight is 538 g/mol. The van der Waals surface area contributed by atoms with Gasteiger partial charge in [0.2, 0.25) is 5.91 Å². The van der Waals surface area contributed by atoms with Crippen LogP contribution in [0.2, 0.25) is 0 Å². The van der Waals surface area contributed by atoms with Crippen molar-refractivity contribution in [1.82, 2.24) is 5.32 Å². The lowest BCUT2D eigenvalue weighted by Gasteiger charge is -2.39. The van der Waals surface area contributed by atoms with Crippen molar-refractivity contribution in [2.75, 3.05) is 13.2 Å². The standard InChI is InChI=1S/C27H36FNO9/c1-3-20(31)24(33)19(14-36-27-26(35)25(34)23(28)21(13-30)38-27)29-22(32)12-16-6-10-18(11-7-16)37-17-8-4-15(2)5-9-17/h4-11,19-21,23-27,30-31,33-35H,3,12-14H2,1-2H3,(H,29,32)/t19-,20+,21?,23-,24-,25-,26?,27-/m0/s1. The number of aliphatic hydroxyl groups is 5. The van der Waals surface area contributed by atoms with E-state index in [4.69, 9.17) is 14.2 Å². The van der Waals surface area contributed by atoms with Crippen molar-refractivity contribution in [3.8, 4) is 11.5 Å². The van der Waals surface area contributed by atoms with E-state index in [0.29, 0.717) is 17.1 Å². The molecule has 0 bridgehead atoms. The highest BCUT2D eigenvalue weighted by atomic mass is 19.1. The maximum absolute atomic E-state index is 14.0. The molecule has 8 atom stereocenters. The van der Waals surface area contributed by atoms with E-state index in [-0.39, 0.29) is 12.8 Å². The molecule has 1 aliphatic heterocycles. The van der Waals surface area contributed by atoms with Crippen LogP contribution in [0.3, 0.4) is 0 Å². The molecule has 1 saturated heterocycles. The summed E-state index contributed by atoms with van der Waals surface area (Å²) in [5.41, 5.74) is 1.78. The summed E-state index contributed by atoms with van der Waals surface area (Å²) >= 11 is 0. The Morgan fingerprint density at radius 2 is 1.66 bits per heavy atom. The van der Waals surface area contributed by atoms with Gasteiger partial charge in [-0.15, -0.1) is 0 Å². The van der Waals surface area contributed by atoms with E-state index in [1.165, 1.54) is 0 Å². The van der Waals surface area contributed by atoms with Gasteiger partial charge in [0.05, 0.1) is 31.8 Å². The summed E-state index contributed by atoms with van der Waals surface area (Å²) in [7, 11) is 0. The number of carbonyl (C=O) groups is 1. The molecule has 6 N–H and O–H groups in total. The largest absolute Gasteiger partial charge is 0.457 e. The van der Waals surface area contributed by atoms with Crippen molar-refractivity contribution in [2.45, 2.75) is 75.7 Å². The molecule has 2 aromatic rings. The lowest BCUT2D eigenvalue weighted by atomic mass is 10.0. The molecule has 2 aromatic carbocycles. The van der Waals surface area contributed by atoms with Gasteiger partial charge in [-0.05, 0) is 43.2 Å². The molecule has 1 amide bonds. The van der Waals surface area contributed by atoms with Crippen LogP contribution in [0.5, 0.6) is 11.5 Å². The first kappa shape index (κ1) is 29.9. The molecular weight excluding hydrogens is 501 g/mol. The minimum Gasteiger partial charge on any atom is -0.457 e. The summed E-state index contributed by atoms with van der Waals surface area (Å²) in [6.45, 7) is 2.44. The number of ether oxygens (including phenoxy) is 3. The van der Waals surface area contributed by atoms with Crippen molar-refractivity contribution < 1.29 is 48.9 Å².